The average molecular weight is 399 g/mol. The van der Waals surface area contributed by atoms with Gasteiger partial charge in [-0.05, 0) is 30.4 Å². The molecule has 0 aliphatic rings. The molecule has 0 aliphatic heterocycles. The fourth-order valence-corrected chi connectivity index (χ4v) is 1.63. The molecule has 0 aromatic heterocycles. The molecular weight excluding hydrogens is 366 g/mol. The second kappa shape index (κ2) is 15.4. The minimum Gasteiger partial charge on any atom is -0.480 e. The maximum atomic E-state index is 10.1. The molecule has 8 N–H and O–H groups in total. The molecule has 0 bridgehead atoms. The lowest BCUT2D eigenvalue weighted by molar-refractivity contribution is -0.140. The first-order chi connectivity index (χ1) is 12.9. The van der Waals surface area contributed by atoms with Crippen LogP contribution in [0.1, 0.15) is 34.1 Å². The highest BCUT2D eigenvalue weighted by Crippen LogP contribution is 2.03. The van der Waals surface area contributed by atoms with E-state index < -0.39 is 30.0 Å². The molecular formula is C19H33N3O6. The molecule has 0 saturated carbocycles. The molecule has 0 radical (unpaired) electrons. The van der Waals surface area contributed by atoms with Gasteiger partial charge in [-0.2, -0.15) is 0 Å². The van der Waals surface area contributed by atoms with E-state index in [2.05, 4.69) is 5.32 Å². The fraction of sp³-hybridized carbons (Fsp3) is 0.526. The van der Waals surface area contributed by atoms with E-state index in [1.807, 2.05) is 44.2 Å². The Morgan fingerprint density at radius 2 is 1.43 bits per heavy atom. The van der Waals surface area contributed by atoms with Gasteiger partial charge in [-0.25, -0.2) is 0 Å². The Balaban J connectivity index is 0. The van der Waals surface area contributed by atoms with Gasteiger partial charge in [0.15, 0.2) is 0 Å². The Kier molecular flexibility index (Phi) is 15.2. The van der Waals surface area contributed by atoms with E-state index in [9.17, 15) is 14.4 Å². The van der Waals surface area contributed by atoms with Crippen molar-refractivity contribution in [1.82, 2.24) is 0 Å². The summed E-state index contributed by atoms with van der Waals surface area (Å²) in [4.78, 5) is 30.2. The predicted molar refractivity (Wildman–Crippen MR) is 108 cm³/mol. The minimum absolute atomic E-state index is 0.0208. The van der Waals surface area contributed by atoms with E-state index >= 15 is 0 Å². The molecule has 0 heterocycles. The maximum Gasteiger partial charge on any atom is 0.322 e. The number of nitrogens with two attached hydrogens (primary N) is 2. The van der Waals surface area contributed by atoms with Crippen LogP contribution in [-0.2, 0) is 14.4 Å². The van der Waals surface area contributed by atoms with E-state index in [-0.39, 0.29) is 12.5 Å². The monoisotopic (exact) mass is 399 g/mol. The number of para-hydroxylation sites is 1. The molecule has 0 spiro atoms. The number of carboxylic acids is 3. The van der Waals surface area contributed by atoms with Gasteiger partial charge in [0.05, 0.1) is 0 Å². The summed E-state index contributed by atoms with van der Waals surface area (Å²) in [5, 5.41) is 27.6. The normalized spacial score (nSPS) is 12.0. The topological polar surface area (TPSA) is 176 Å². The number of anilines is 1. The van der Waals surface area contributed by atoms with Crippen molar-refractivity contribution in [1.29, 1.82) is 0 Å². The third-order valence-corrected chi connectivity index (χ3v) is 3.26. The molecule has 0 unspecified atom stereocenters. The summed E-state index contributed by atoms with van der Waals surface area (Å²) in [5.74, 6) is -2.32. The number of hydrogen-bond donors (Lipinski definition) is 6. The van der Waals surface area contributed by atoms with Crippen LogP contribution in [0.4, 0.5) is 5.69 Å². The van der Waals surface area contributed by atoms with E-state index in [0.29, 0.717) is 12.3 Å². The third kappa shape index (κ3) is 16.8. The Hall–Kier alpha value is -2.65. The first-order valence-corrected chi connectivity index (χ1v) is 8.85. The lowest BCUT2D eigenvalue weighted by atomic mass is 10.1. The molecule has 2 atom stereocenters. The van der Waals surface area contributed by atoms with E-state index in [1.54, 1.807) is 13.8 Å². The van der Waals surface area contributed by atoms with Crippen molar-refractivity contribution in [3.63, 3.8) is 0 Å². The van der Waals surface area contributed by atoms with Gasteiger partial charge >= 0.3 is 17.9 Å². The molecule has 28 heavy (non-hydrogen) atoms. The number of hydrogen-bond acceptors (Lipinski definition) is 6. The van der Waals surface area contributed by atoms with E-state index in [4.69, 9.17) is 26.8 Å². The summed E-state index contributed by atoms with van der Waals surface area (Å²) < 4.78 is 0. The first-order valence-electron chi connectivity index (χ1n) is 8.85. The highest BCUT2D eigenvalue weighted by atomic mass is 16.4. The van der Waals surface area contributed by atoms with Gasteiger partial charge in [-0.1, -0.05) is 45.9 Å². The predicted octanol–water partition coefficient (Wildman–Crippen LogP) is 1.68. The standard InChI is InChI=1S/C8H9NO2.C6H13NO2.C5H11NO2/c10-8(11)6-9-7-4-2-1-3-5-7;1-4(2)3-5(7)6(8)9;1-3(2)4(6)5(7)8/h1-5,9H,6H2,(H,10,11);4-5H,3,7H2,1-2H3,(H,8,9);3-4H,6H2,1-2H3,(H,7,8)/t;5-;4-/m.00/s1. The van der Waals surface area contributed by atoms with E-state index in [0.717, 1.165) is 5.69 Å². The first kappa shape index (κ1) is 27.6. The highest BCUT2D eigenvalue weighted by Gasteiger charge is 2.14. The number of nitrogens with one attached hydrogen (secondary N) is 1. The van der Waals surface area contributed by atoms with Crippen LogP contribution in [0.5, 0.6) is 0 Å². The van der Waals surface area contributed by atoms with Crippen LogP contribution in [0.25, 0.3) is 0 Å². The minimum atomic E-state index is -0.931. The van der Waals surface area contributed by atoms with Crippen molar-refractivity contribution in [3.8, 4) is 0 Å². The van der Waals surface area contributed by atoms with Crippen molar-refractivity contribution in [2.45, 2.75) is 46.2 Å². The van der Waals surface area contributed by atoms with Crippen molar-refractivity contribution in [2.75, 3.05) is 11.9 Å². The van der Waals surface area contributed by atoms with E-state index in [1.165, 1.54) is 0 Å². The van der Waals surface area contributed by atoms with Gasteiger partial charge in [-0.15, -0.1) is 0 Å². The smallest absolute Gasteiger partial charge is 0.322 e. The maximum absolute atomic E-state index is 10.1. The zero-order chi connectivity index (χ0) is 22.3. The van der Waals surface area contributed by atoms with Gasteiger partial charge in [-0.3, -0.25) is 14.4 Å². The molecule has 1 aromatic rings. The second-order valence-electron chi connectivity index (χ2n) is 6.80. The highest BCUT2D eigenvalue weighted by molar-refractivity contribution is 5.73. The molecule has 0 amide bonds. The molecule has 0 saturated heterocycles. The van der Waals surface area contributed by atoms with Crippen molar-refractivity contribution >= 4 is 23.6 Å². The fourth-order valence-electron chi connectivity index (χ4n) is 1.63. The van der Waals surface area contributed by atoms with Crippen LogP contribution < -0.4 is 16.8 Å². The van der Waals surface area contributed by atoms with Crippen LogP contribution in [0, 0.1) is 11.8 Å². The van der Waals surface area contributed by atoms with Crippen LogP contribution in [0.2, 0.25) is 0 Å². The SMILES string of the molecule is CC(C)C[C@H](N)C(=O)O.CC(C)[C@H](N)C(=O)O.O=C(O)CNc1ccccc1. The van der Waals surface area contributed by atoms with Gasteiger partial charge in [0.1, 0.15) is 18.6 Å². The molecule has 9 heteroatoms. The quantitative estimate of drug-likeness (QED) is 0.379. The average Bonchev–Trinajstić information content (AvgIpc) is 2.60. The van der Waals surface area contributed by atoms with Crippen LogP contribution in [0.15, 0.2) is 30.3 Å². The molecule has 0 fully saturated rings. The molecule has 1 aromatic carbocycles. The summed E-state index contributed by atoms with van der Waals surface area (Å²) in [6.07, 6.45) is 0.551. The summed E-state index contributed by atoms with van der Waals surface area (Å²) in [5.41, 5.74) is 11.2. The van der Waals surface area contributed by atoms with Gasteiger partial charge in [0.25, 0.3) is 0 Å². The number of carbonyl (C=O) groups is 3. The van der Waals surface area contributed by atoms with Gasteiger partial charge in [0, 0.05) is 5.69 Å². The lowest BCUT2D eigenvalue weighted by Gasteiger charge is -2.07. The summed E-state index contributed by atoms with van der Waals surface area (Å²) >= 11 is 0. The Morgan fingerprint density at radius 3 is 1.68 bits per heavy atom. The Bertz CT molecular complexity index is 578. The number of benzene rings is 1. The van der Waals surface area contributed by atoms with Crippen LogP contribution >= 0.6 is 0 Å². The number of aliphatic carboxylic acids is 3. The summed E-state index contributed by atoms with van der Waals surface area (Å²) in [7, 11) is 0. The second-order valence-corrected chi connectivity index (χ2v) is 6.80. The Morgan fingerprint density at radius 1 is 0.929 bits per heavy atom. The van der Waals surface area contributed by atoms with Crippen molar-refractivity contribution < 1.29 is 29.7 Å². The van der Waals surface area contributed by atoms with Gasteiger partial charge < -0.3 is 32.1 Å². The third-order valence-electron chi connectivity index (χ3n) is 3.26. The molecule has 160 valence electrons. The van der Waals surface area contributed by atoms with Crippen LogP contribution in [0.3, 0.4) is 0 Å². The zero-order valence-corrected chi connectivity index (χ0v) is 16.8. The number of carboxylic acid groups (broad SMARTS) is 3. The zero-order valence-electron chi connectivity index (χ0n) is 16.8. The molecule has 0 aliphatic carbocycles. The Labute approximate surface area is 165 Å². The summed E-state index contributed by atoms with van der Waals surface area (Å²) in [6.45, 7) is 7.41. The molecule has 1 rings (SSSR count). The molecule has 9 nitrogen and oxygen atoms in total. The largest absolute Gasteiger partial charge is 0.480 e. The van der Waals surface area contributed by atoms with Crippen LogP contribution in [-0.4, -0.2) is 51.9 Å². The lowest BCUT2D eigenvalue weighted by Crippen LogP contribution is -2.34. The van der Waals surface area contributed by atoms with Crippen molar-refractivity contribution in [2.24, 2.45) is 23.3 Å². The van der Waals surface area contributed by atoms with Gasteiger partial charge in [0.2, 0.25) is 0 Å². The van der Waals surface area contributed by atoms with Crippen molar-refractivity contribution in [3.05, 3.63) is 30.3 Å². The number of rotatable bonds is 8. The summed E-state index contributed by atoms with van der Waals surface area (Å²) in [6, 6.07) is 7.83.